The second-order valence-electron chi connectivity index (χ2n) is 6.85. The third-order valence-corrected chi connectivity index (χ3v) is 8.31. The van der Waals surface area contributed by atoms with Crippen molar-refractivity contribution in [1.82, 2.24) is 9.97 Å². The van der Waals surface area contributed by atoms with E-state index in [0.717, 1.165) is 9.69 Å². The van der Waals surface area contributed by atoms with E-state index < -0.39 is 21.9 Å². The Morgan fingerprint density at radius 1 is 1.12 bits per heavy atom. The van der Waals surface area contributed by atoms with Gasteiger partial charge in [0.1, 0.15) is 0 Å². The molecule has 0 spiro atoms. The van der Waals surface area contributed by atoms with E-state index in [1.807, 2.05) is 30.3 Å². The normalized spacial score (nSPS) is 11.5. The van der Waals surface area contributed by atoms with Gasteiger partial charge in [0.15, 0.2) is 0 Å². The van der Waals surface area contributed by atoms with E-state index in [4.69, 9.17) is 11.6 Å². The molecule has 8 nitrogen and oxygen atoms in total. The summed E-state index contributed by atoms with van der Waals surface area (Å²) < 4.78 is 41.8. The van der Waals surface area contributed by atoms with E-state index in [0.29, 0.717) is 6.42 Å². The van der Waals surface area contributed by atoms with Crippen molar-refractivity contribution in [2.24, 2.45) is 0 Å². The number of nitrogens with zero attached hydrogens (tertiary/aromatic N) is 2. The Kier molecular flexibility index (Phi) is 8.66. The zero-order valence-electron chi connectivity index (χ0n) is 17.5. The Morgan fingerprint density at radius 2 is 1.88 bits per heavy atom. The second-order valence-corrected chi connectivity index (χ2v) is 11.4. The molecule has 0 aliphatic rings. The van der Waals surface area contributed by atoms with Crippen molar-refractivity contribution in [3.63, 3.8) is 0 Å². The Hall–Kier alpha value is -2.68. The van der Waals surface area contributed by atoms with Gasteiger partial charge in [-0.1, -0.05) is 6.92 Å². The maximum atomic E-state index is 14.9. The quantitative estimate of drug-likeness (QED) is 0.351. The predicted octanol–water partition coefficient (Wildman–Crippen LogP) is 3.59. The summed E-state index contributed by atoms with van der Waals surface area (Å²) in [6.07, 6.45) is 1.72. The van der Waals surface area contributed by atoms with Crippen LogP contribution in [0.1, 0.15) is 18.9 Å². The SMILES string of the molecule is CCCS(=O)(=O)Nc1ccc(Cl)c(NC(=O)Nc2cc([As]Cc3ccccc3)ncn2)c1F. The van der Waals surface area contributed by atoms with Gasteiger partial charge in [-0.05, 0) is 6.42 Å². The fraction of sp³-hybridized carbons (Fsp3) is 0.190. The minimum absolute atomic E-state index is 0.0858. The van der Waals surface area contributed by atoms with Crippen molar-refractivity contribution >= 4 is 65.1 Å². The van der Waals surface area contributed by atoms with Crippen LogP contribution in [-0.4, -0.2) is 45.9 Å². The monoisotopic (exact) mass is 552 g/mol. The summed E-state index contributed by atoms with van der Waals surface area (Å²) >= 11 is 5.74. The standard InChI is InChI=1S/C21H21AsClFN5O3S/c1-2-10-33(31,32)29-16-9-8-15(23)20(19(16)24)28-21(30)27-18-11-17(25-13-26-18)22-12-14-6-4-3-5-7-14/h3-9,11,13,29H,2,10,12H2,1H3,(H2,25,26,27,28,30). The molecule has 1 radical (unpaired) electrons. The summed E-state index contributed by atoms with van der Waals surface area (Å²) in [5.41, 5.74) is 0.538. The average molecular weight is 553 g/mol. The van der Waals surface area contributed by atoms with Gasteiger partial charge in [0, 0.05) is 0 Å². The first-order valence-electron chi connectivity index (χ1n) is 9.87. The molecule has 0 aliphatic heterocycles. The van der Waals surface area contributed by atoms with Crippen LogP contribution < -0.4 is 19.8 Å². The molecule has 173 valence electrons. The van der Waals surface area contributed by atoms with Crippen molar-refractivity contribution in [2.45, 2.75) is 18.6 Å². The summed E-state index contributed by atoms with van der Waals surface area (Å²) in [4.78, 5) is 20.7. The molecule has 0 atom stereocenters. The molecule has 2 amide bonds. The van der Waals surface area contributed by atoms with Gasteiger partial charge < -0.3 is 0 Å². The topological polar surface area (TPSA) is 113 Å². The van der Waals surface area contributed by atoms with Crippen molar-refractivity contribution in [3.8, 4) is 0 Å². The van der Waals surface area contributed by atoms with Gasteiger partial charge in [-0.25, -0.2) is 0 Å². The number of nitrogens with one attached hydrogen (secondary N) is 3. The van der Waals surface area contributed by atoms with E-state index >= 15 is 0 Å². The van der Waals surface area contributed by atoms with E-state index in [2.05, 4.69) is 25.3 Å². The molecular weight excluding hydrogens is 532 g/mol. The minimum atomic E-state index is -3.72. The fourth-order valence-corrected chi connectivity index (χ4v) is 5.97. The van der Waals surface area contributed by atoms with E-state index in [9.17, 15) is 17.6 Å². The van der Waals surface area contributed by atoms with Crippen LogP contribution in [0.2, 0.25) is 5.02 Å². The Morgan fingerprint density at radius 3 is 2.61 bits per heavy atom. The van der Waals surface area contributed by atoms with Crippen molar-refractivity contribution in [2.75, 3.05) is 21.1 Å². The number of hydrogen-bond acceptors (Lipinski definition) is 5. The Bertz CT molecular complexity index is 1230. The number of aromatic nitrogens is 2. The van der Waals surface area contributed by atoms with E-state index in [1.54, 1.807) is 13.0 Å². The molecule has 0 saturated heterocycles. The van der Waals surface area contributed by atoms with Gasteiger partial charge >= 0.3 is 190 Å². The fourth-order valence-electron chi connectivity index (χ4n) is 2.75. The molecule has 0 bridgehead atoms. The Labute approximate surface area is 203 Å². The number of amides is 2. The average Bonchev–Trinajstić information content (AvgIpc) is 2.78. The van der Waals surface area contributed by atoms with Crippen molar-refractivity contribution in [3.05, 3.63) is 71.3 Å². The molecule has 0 fully saturated rings. The number of hydrogen-bond donors (Lipinski definition) is 3. The van der Waals surface area contributed by atoms with Gasteiger partial charge in [0.05, 0.1) is 0 Å². The molecule has 0 aliphatic carbocycles. The first-order valence-corrected chi connectivity index (χ1v) is 14.2. The van der Waals surface area contributed by atoms with Crippen LogP contribution in [-0.2, 0) is 15.2 Å². The predicted molar refractivity (Wildman–Crippen MR) is 129 cm³/mol. The van der Waals surface area contributed by atoms with Crippen LogP contribution in [0.15, 0.2) is 54.9 Å². The van der Waals surface area contributed by atoms with Crippen LogP contribution in [0.3, 0.4) is 0 Å². The number of anilines is 3. The van der Waals surface area contributed by atoms with E-state index in [-0.39, 0.29) is 43.7 Å². The summed E-state index contributed by atoms with van der Waals surface area (Å²) in [6, 6.07) is 13.3. The summed E-state index contributed by atoms with van der Waals surface area (Å²) in [7, 11) is -3.72. The van der Waals surface area contributed by atoms with Crippen LogP contribution in [0.4, 0.5) is 26.4 Å². The number of urea groups is 1. The molecule has 1 heterocycles. The summed E-state index contributed by atoms with van der Waals surface area (Å²) in [5, 5.41) is 5.62. The molecule has 2 aromatic carbocycles. The van der Waals surface area contributed by atoms with E-state index in [1.165, 1.54) is 24.0 Å². The maximum absolute atomic E-state index is 14.9. The third kappa shape index (κ3) is 7.42. The summed E-state index contributed by atoms with van der Waals surface area (Å²) in [5.74, 6) is -0.910. The van der Waals surface area contributed by atoms with Crippen molar-refractivity contribution in [1.29, 1.82) is 0 Å². The zero-order chi connectivity index (χ0) is 23.8. The Balaban J connectivity index is 1.67. The third-order valence-electron chi connectivity index (χ3n) is 4.23. The number of sulfonamides is 1. The molecule has 12 heteroatoms. The molecule has 33 heavy (non-hydrogen) atoms. The number of halogens is 2. The van der Waals surface area contributed by atoms with Gasteiger partial charge in [0.25, 0.3) is 0 Å². The first-order chi connectivity index (χ1) is 15.8. The molecule has 0 unspecified atom stereocenters. The van der Waals surface area contributed by atoms with Gasteiger partial charge in [-0.2, -0.15) is 0 Å². The van der Waals surface area contributed by atoms with Gasteiger partial charge in [0.2, 0.25) is 0 Å². The molecule has 3 N–H and O–H groups in total. The van der Waals surface area contributed by atoms with Crippen LogP contribution in [0, 0.1) is 5.82 Å². The number of carbonyl (C=O) groups is 1. The number of benzene rings is 2. The van der Waals surface area contributed by atoms with Crippen LogP contribution in [0.25, 0.3) is 0 Å². The van der Waals surface area contributed by atoms with Crippen molar-refractivity contribution < 1.29 is 17.6 Å². The van der Waals surface area contributed by atoms with Gasteiger partial charge in [-0.15, -0.1) is 0 Å². The number of rotatable bonds is 9. The van der Waals surface area contributed by atoms with Gasteiger partial charge in [-0.3, -0.25) is 0 Å². The van der Waals surface area contributed by atoms with Crippen LogP contribution >= 0.6 is 11.6 Å². The second kappa shape index (κ2) is 11.4. The summed E-state index contributed by atoms with van der Waals surface area (Å²) in [6.45, 7) is 1.69. The molecule has 3 aromatic rings. The molecular formula is C21H21AsClFN5O3S. The zero-order valence-corrected chi connectivity index (χ0v) is 21.0. The molecule has 1 aromatic heterocycles. The van der Waals surface area contributed by atoms with Crippen LogP contribution in [0.5, 0.6) is 0 Å². The number of carbonyl (C=O) groups excluding carboxylic acids is 1. The molecule has 0 saturated carbocycles. The first kappa shape index (κ1) is 25.0. The molecule has 3 rings (SSSR count).